The summed E-state index contributed by atoms with van der Waals surface area (Å²) in [5, 5.41) is 14.3. The molecule has 0 saturated heterocycles. The van der Waals surface area contributed by atoms with Gasteiger partial charge in [0.25, 0.3) is 0 Å². The number of hydrogen-bond donors (Lipinski definition) is 1. The van der Waals surface area contributed by atoms with Gasteiger partial charge in [0.15, 0.2) is 0 Å². The highest BCUT2D eigenvalue weighted by Crippen LogP contribution is 2.36. The summed E-state index contributed by atoms with van der Waals surface area (Å²) in [7, 11) is 3.52. The maximum absolute atomic E-state index is 10.3. The number of hydrogen-bond acceptors (Lipinski definition) is 4. The monoisotopic (exact) mass is 225 g/mol. The van der Waals surface area contributed by atoms with Gasteiger partial charge in [-0.1, -0.05) is 12.8 Å². The highest BCUT2D eigenvalue weighted by atomic mass is 16.5. The fraction of sp³-hybridized carbons (Fsp3) is 0.818. The second kappa shape index (κ2) is 4.51. The molecule has 0 bridgehead atoms. The Labute approximate surface area is 95.4 Å². The largest absolute Gasteiger partial charge is 0.390 e. The van der Waals surface area contributed by atoms with Crippen LogP contribution in [0.2, 0.25) is 0 Å². The van der Waals surface area contributed by atoms with Gasteiger partial charge in [-0.2, -0.15) is 5.10 Å². The lowest BCUT2D eigenvalue weighted by Gasteiger charge is -2.32. The predicted octanol–water partition coefficient (Wildman–Crippen LogP) is 0.678. The summed E-state index contributed by atoms with van der Waals surface area (Å²) < 4.78 is 7.24. The van der Waals surface area contributed by atoms with Crippen molar-refractivity contribution in [1.29, 1.82) is 0 Å². The number of aliphatic hydroxyl groups is 1. The number of aliphatic hydroxyl groups excluding tert-OH is 1. The van der Waals surface area contributed by atoms with Gasteiger partial charge in [0.2, 0.25) is 0 Å². The van der Waals surface area contributed by atoms with Crippen LogP contribution in [0.25, 0.3) is 0 Å². The summed E-state index contributed by atoms with van der Waals surface area (Å²) in [5.74, 6) is 0.802. The fourth-order valence-electron chi connectivity index (χ4n) is 2.51. The molecule has 5 nitrogen and oxygen atoms in total. The van der Waals surface area contributed by atoms with Crippen molar-refractivity contribution < 1.29 is 9.84 Å². The molecule has 2 rings (SSSR count). The molecular formula is C11H19N3O2. The number of methoxy groups -OCH3 is 1. The standard InChI is InChI=1S/C11H19N3O2/c1-14-10(12-8-13-14)7-9(15)11(16-2)5-3-4-6-11/h8-9,15H,3-7H2,1-2H3. The summed E-state index contributed by atoms with van der Waals surface area (Å²) in [5.41, 5.74) is -0.369. The maximum Gasteiger partial charge on any atom is 0.138 e. The molecular weight excluding hydrogens is 206 g/mol. The second-order valence-electron chi connectivity index (χ2n) is 4.50. The molecule has 16 heavy (non-hydrogen) atoms. The van der Waals surface area contributed by atoms with Crippen LogP contribution in [0.1, 0.15) is 31.5 Å². The smallest absolute Gasteiger partial charge is 0.138 e. The molecule has 1 atom stereocenters. The molecule has 0 amide bonds. The van der Waals surface area contributed by atoms with E-state index in [-0.39, 0.29) is 5.60 Å². The normalized spacial score (nSPS) is 21.2. The summed E-state index contributed by atoms with van der Waals surface area (Å²) >= 11 is 0. The minimum absolute atomic E-state index is 0.369. The highest BCUT2D eigenvalue weighted by Gasteiger charge is 2.41. The third-order valence-electron chi connectivity index (χ3n) is 3.64. The first kappa shape index (κ1) is 11.5. The summed E-state index contributed by atoms with van der Waals surface area (Å²) in [6, 6.07) is 0. The van der Waals surface area contributed by atoms with Gasteiger partial charge in [-0.05, 0) is 12.8 Å². The van der Waals surface area contributed by atoms with Crippen LogP contribution in [0.3, 0.4) is 0 Å². The molecule has 1 aromatic rings. The molecule has 1 N–H and O–H groups in total. The van der Waals surface area contributed by atoms with Crippen LogP contribution in [-0.2, 0) is 18.2 Å². The topological polar surface area (TPSA) is 60.2 Å². The first-order valence-electron chi connectivity index (χ1n) is 5.74. The lowest BCUT2D eigenvalue weighted by Crippen LogP contribution is -2.43. The van der Waals surface area contributed by atoms with Crippen LogP contribution >= 0.6 is 0 Å². The van der Waals surface area contributed by atoms with Crippen LogP contribution in [0.15, 0.2) is 6.33 Å². The van der Waals surface area contributed by atoms with E-state index in [0.29, 0.717) is 6.42 Å². The van der Waals surface area contributed by atoms with Gasteiger partial charge in [0, 0.05) is 20.6 Å². The SMILES string of the molecule is COC1(C(O)Cc2ncnn2C)CCCC1. The van der Waals surface area contributed by atoms with Crippen molar-refractivity contribution in [3.63, 3.8) is 0 Å². The molecule has 1 heterocycles. The van der Waals surface area contributed by atoms with Crippen LogP contribution in [0.4, 0.5) is 0 Å². The van der Waals surface area contributed by atoms with E-state index in [9.17, 15) is 5.11 Å². The molecule has 0 spiro atoms. The molecule has 0 radical (unpaired) electrons. The third kappa shape index (κ3) is 1.97. The van der Waals surface area contributed by atoms with Crippen LogP contribution in [0.5, 0.6) is 0 Å². The molecule has 1 fully saturated rings. The number of aromatic nitrogens is 3. The van der Waals surface area contributed by atoms with E-state index in [0.717, 1.165) is 31.5 Å². The Morgan fingerprint density at radius 1 is 1.56 bits per heavy atom. The van der Waals surface area contributed by atoms with Crippen LogP contribution in [-0.4, -0.2) is 38.7 Å². The molecule has 1 unspecified atom stereocenters. The van der Waals surface area contributed by atoms with Gasteiger partial charge in [0.05, 0.1) is 11.7 Å². The Bertz CT molecular complexity index is 345. The van der Waals surface area contributed by atoms with Crippen molar-refractivity contribution >= 4 is 0 Å². The van der Waals surface area contributed by atoms with E-state index in [1.165, 1.54) is 6.33 Å². The van der Waals surface area contributed by atoms with E-state index in [1.807, 2.05) is 7.05 Å². The van der Waals surface area contributed by atoms with Crippen LogP contribution < -0.4 is 0 Å². The van der Waals surface area contributed by atoms with Crippen LogP contribution in [0, 0.1) is 0 Å². The van der Waals surface area contributed by atoms with E-state index in [2.05, 4.69) is 10.1 Å². The fourth-order valence-corrected chi connectivity index (χ4v) is 2.51. The minimum Gasteiger partial charge on any atom is -0.390 e. The van der Waals surface area contributed by atoms with E-state index >= 15 is 0 Å². The molecule has 1 aliphatic carbocycles. The molecule has 1 saturated carbocycles. The average molecular weight is 225 g/mol. The van der Waals surface area contributed by atoms with Crippen molar-refractivity contribution in [3.8, 4) is 0 Å². The van der Waals surface area contributed by atoms with Crippen molar-refractivity contribution in [2.24, 2.45) is 7.05 Å². The van der Waals surface area contributed by atoms with Gasteiger partial charge in [-0.15, -0.1) is 0 Å². The predicted molar refractivity (Wildman–Crippen MR) is 58.9 cm³/mol. The van der Waals surface area contributed by atoms with Crippen molar-refractivity contribution in [2.45, 2.75) is 43.8 Å². The van der Waals surface area contributed by atoms with Crippen molar-refractivity contribution in [2.75, 3.05) is 7.11 Å². The van der Waals surface area contributed by atoms with Gasteiger partial charge < -0.3 is 9.84 Å². The van der Waals surface area contributed by atoms with E-state index in [4.69, 9.17) is 4.74 Å². The molecule has 1 aliphatic rings. The number of rotatable bonds is 4. The second-order valence-corrected chi connectivity index (χ2v) is 4.50. The zero-order chi connectivity index (χ0) is 11.6. The van der Waals surface area contributed by atoms with Gasteiger partial charge in [-0.3, -0.25) is 4.68 Å². The first-order chi connectivity index (χ1) is 7.68. The Balaban J connectivity index is 2.07. The highest BCUT2D eigenvalue weighted by molar-refractivity contribution is 4.98. The Hall–Kier alpha value is -0.940. The molecule has 1 aromatic heterocycles. The lowest BCUT2D eigenvalue weighted by atomic mass is 9.92. The third-order valence-corrected chi connectivity index (χ3v) is 3.64. The van der Waals surface area contributed by atoms with Gasteiger partial charge in [-0.25, -0.2) is 4.98 Å². The summed E-state index contributed by atoms with van der Waals surface area (Å²) in [4.78, 5) is 4.13. The Morgan fingerprint density at radius 3 is 2.75 bits per heavy atom. The molecule has 90 valence electrons. The summed E-state index contributed by atoms with van der Waals surface area (Å²) in [6.45, 7) is 0. The Morgan fingerprint density at radius 2 is 2.25 bits per heavy atom. The zero-order valence-corrected chi connectivity index (χ0v) is 9.89. The van der Waals surface area contributed by atoms with Crippen molar-refractivity contribution in [3.05, 3.63) is 12.2 Å². The van der Waals surface area contributed by atoms with E-state index < -0.39 is 6.10 Å². The molecule has 5 heteroatoms. The minimum atomic E-state index is -0.497. The lowest BCUT2D eigenvalue weighted by molar-refractivity contribution is -0.0979. The Kier molecular flexibility index (Phi) is 3.25. The number of aryl methyl sites for hydroxylation is 1. The average Bonchev–Trinajstić information content (AvgIpc) is 2.89. The molecule has 0 aliphatic heterocycles. The van der Waals surface area contributed by atoms with E-state index in [1.54, 1.807) is 11.8 Å². The number of nitrogens with zero attached hydrogens (tertiary/aromatic N) is 3. The van der Waals surface area contributed by atoms with Crippen molar-refractivity contribution in [1.82, 2.24) is 14.8 Å². The van der Waals surface area contributed by atoms with Gasteiger partial charge >= 0.3 is 0 Å². The molecule has 0 aromatic carbocycles. The number of ether oxygens (including phenoxy) is 1. The first-order valence-corrected chi connectivity index (χ1v) is 5.74. The quantitative estimate of drug-likeness (QED) is 0.818. The summed E-state index contributed by atoms with van der Waals surface area (Å²) in [6.07, 6.45) is 5.64. The zero-order valence-electron chi connectivity index (χ0n) is 9.89. The van der Waals surface area contributed by atoms with Gasteiger partial charge in [0.1, 0.15) is 12.2 Å². The maximum atomic E-state index is 10.3.